The molecule has 1 aliphatic heterocycles. The molecule has 0 unspecified atom stereocenters. The fraction of sp³-hybridized carbons (Fsp3) is 0.250. The normalized spacial score (nSPS) is 14.2. The summed E-state index contributed by atoms with van der Waals surface area (Å²) in [6.07, 6.45) is 1.75. The lowest BCUT2D eigenvalue weighted by Gasteiger charge is -2.16. The Kier molecular flexibility index (Phi) is 4.36. The molecule has 0 spiro atoms. The fourth-order valence-electron chi connectivity index (χ4n) is 3.41. The molecule has 5 nitrogen and oxygen atoms in total. The first kappa shape index (κ1) is 17.0. The topological polar surface area (TPSA) is 64.0 Å². The molecule has 4 rings (SSSR count). The highest BCUT2D eigenvalue weighted by Crippen LogP contribution is 2.23. The third-order valence-electron chi connectivity index (χ3n) is 4.80. The number of nitrogens with one attached hydrogen (secondary N) is 1. The summed E-state index contributed by atoms with van der Waals surface area (Å²) in [6.45, 7) is 2.67. The van der Waals surface area contributed by atoms with E-state index in [4.69, 9.17) is 0 Å². The molecule has 1 aromatic heterocycles. The predicted molar refractivity (Wildman–Crippen MR) is 104 cm³/mol. The summed E-state index contributed by atoms with van der Waals surface area (Å²) in [5.41, 5.74) is 2.09. The Balaban J connectivity index is 1.64. The number of hydrogen-bond donors (Lipinski definition) is 1. The van der Waals surface area contributed by atoms with Crippen molar-refractivity contribution in [3.8, 4) is 0 Å². The number of fused-ring (bicyclic) bond motifs is 2. The van der Waals surface area contributed by atoms with Crippen molar-refractivity contribution in [3.05, 3.63) is 74.2 Å². The van der Waals surface area contributed by atoms with E-state index in [1.807, 2.05) is 31.2 Å². The van der Waals surface area contributed by atoms with Crippen molar-refractivity contribution in [2.24, 2.45) is 0 Å². The van der Waals surface area contributed by atoms with E-state index in [9.17, 15) is 9.59 Å². The Morgan fingerprint density at radius 1 is 1.27 bits per heavy atom. The number of halogens is 1. The third kappa shape index (κ3) is 2.94. The molecule has 6 heteroatoms. The number of carbonyl (C=O) groups excluding carboxylic acids is 1. The summed E-state index contributed by atoms with van der Waals surface area (Å²) in [5.74, 6) is 0.624. The van der Waals surface area contributed by atoms with Crippen molar-refractivity contribution in [2.75, 3.05) is 0 Å². The van der Waals surface area contributed by atoms with Gasteiger partial charge in [0.1, 0.15) is 5.82 Å². The van der Waals surface area contributed by atoms with Gasteiger partial charge in [0.2, 0.25) is 0 Å². The van der Waals surface area contributed by atoms with Gasteiger partial charge in [-0.3, -0.25) is 14.2 Å². The first-order valence-corrected chi connectivity index (χ1v) is 9.42. The van der Waals surface area contributed by atoms with Crippen LogP contribution in [0, 0.1) is 0 Å². The van der Waals surface area contributed by atoms with Gasteiger partial charge < -0.3 is 5.32 Å². The number of rotatable bonds is 3. The maximum absolute atomic E-state index is 12.7. The van der Waals surface area contributed by atoms with E-state index in [0.717, 1.165) is 35.2 Å². The number of nitrogens with zero attached hydrogens (tertiary/aromatic N) is 2. The molecule has 26 heavy (non-hydrogen) atoms. The highest BCUT2D eigenvalue weighted by molar-refractivity contribution is 9.10. The van der Waals surface area contributed by atoms with Crippen LogP contribution in [0.3, 0.4) is 0 Å². The highest BCUT2D eigenvalue weighted by Gasteiger charge is 2.18. The van der Waals surface area contributed by atoms with Gasteiger partial charge in [0, 0.05) is 23.0 Å². The number of aromatic nitrogens is 2. The average Bonchev–Trinajstić information content (AvgIpc) is 3.10. The van der Waals surface area contributed by atoms with Crippen LogP contribution in [0.5, 0.6) is 0 Å². The SMILES string of the molecule is C[C@H](NC(=O)c1ccc2c(=O)n3c(nc2c1)CCC3)c1ccccc1Br. The van der Waals surface area contributed by atoms with E-state index in [-0.39, 0.29) is 17.5 Å². The molecule has 1 aliphatic rings. The molecule has 0 radical (unpaired) electrons. The average molecular weight is 412 g/mol. The largest absolute Gasteiger partial charge is 0.345 e. The molecule has 3 aromatic rings. The van der Waals surface area contributed by atoms with Crippen molar-refractivity contribution >= 4 is 32.7 Å². The van der Waals surface area contributed by atoms with Crippen LogP contribution >= 0.6 is 15.9 Å². The van der Waals surface area contributed by atoms with Gasteiger partial charge >= 0.3 is 0 Å². The molecular weight excluding hydrogens is 394 g/mol. The third-order valence-corrected chi connectivity index (χ3v) is 5.52. The van der Waals surface area contributed by atoms with Crippen LogP contribution in [0.15, 0.2) is 51.7 Å². The number of aryl methyl sites for hydroxylation is 1. The molecule has 2 aromatic carbocycles. The van der Waals surface area contributed by atoms with Crippen molar-refractivity contribution in [3.63, 3.8) is 0 Å². The maximum Gasteiger partial charge on any atom is 0.261 e. The van der Waals surface area contributed by atoms with E-state index in [1.165, 1.54) is 0 Å². The molecule has 1 amide bonds. The number of hydrogen-bond acceptors (Lipinski definition) is 3. The van der Waals surface area contributed by atoms with Gasteiger partial charge in [0.15, 0.2) is 0 Å². The van der Waals surface area contributed by atoms with Crippen molar-refractivity contribution in [1.82, 2.24) is 14.9 Å². The minimum atomic E-state index is -0.183. The van der Waals surface area contributed by atoms with Gasteiger partial charge in [0.05, 0.1) is 16.9 Å². The summed E-state index contributed by atoms with van der Waals surface area (Å²) < 4.78 is 2.69. The standard InChI is InChI=1S/C20H18BrN3O2/c1-12(14-5-2-3-6-16(14)21)22-19(25)13-8-9-15-17(11-13)23-18-7-4-10-24(18)20(15)26/h2-3,5-6,8-9,11-12H,4,7,10H2,1H3,(H,22,25)/t12-/m0/s1. The summed E-state index contributed by atoms with van der Waals surface area (Å²) in [5, 5.41) is 3.57. The smallest absolute Gasteiger partial charge is 0.261 e. The van der Waals surface area contributed by atoms with E-state index in [0.29, 0.717) is 16.5 Å². The van der Waals surface area contributed by atoms with Crippen molar-refractivity contribution in [1.29, 1.82) is 0 Å². The van der Waals surface area contributed by atoms with Crippen LogP contribution in [0.25, 0.3) is 10.9 Å². The van der Waals surface area contributed by atoms with Gasteiger partial charge in [-0.2, -0.15) is 0 Å². The zero-order valence-corrected chi connectivity index (χ0v) is 15.9. The lowest BCUT2D eigenvalue weighted by atomic mass is 10.1. The Hall–Kier alpha value is -2.47. The van der Waals surface area contributed by atoms with Crippen molar-refractivity contribution < 1.29 is 4.79 Å². The number of benzene rings is 2. The Morgan fingerprint density at radius 3 is 2.88 bits per heavy atom. The van der Waals surface area contributed by atoms with Crippen LogP contribution in [0.4, 0.5) is 0 Å². The van der Waals surface area contributed by atoms with Crippen LogP contribution in [0.1, 0.15) is 41.1 Å². The second kappa shape index (κ2) is 6.68. The predicted octanol–water partition coefficient (Wildman–Crippen LogP) is 3.60. The molecule has 0 bridgehead atoms. The zero-order valence-electron chi connectivity index (χ0n) is 14.3. The van der Waals surface area contributed by atoms with Gasteiger partial charge in [0.25, 0.3) is 11.5 Å². The highest BCUT2D eigenvalue weighted by atomic mass is 79.9. The maximum atomic E-state index is 12.7. The minimum Gasteiger partial charge on any atom is -0.345 e. The molecule has 0 saturated carbocycles. The lowest BCUT2D eigenvalue weighted by Crippen LogP contribution is -2.27. The zero-order chi connectivity index (χ0) is 18.3. The minimum absolute atomic E-state index is 0.0176. The second-order valence-corrected chi connectivity index (χ2v) is 7.39. The van der Waals surface area contributed by atoms with Gasteiger partial charge in [-0.25, -0.2) is 4.98 Å². The van der Waals surface area contributed by atoms with Crippen LogP contribution in [0.2, 0.25) is 0 Å². The Bertz CT molecular complexity index is 1070. The lowest BCUT2D eigenvalue weighted by molar-refractivity contribution is 0.0940. The molecular formula is C20H18BrN3O2. The molecule has 132 valence electrons. The summed E-state index contributed by atoms with van der Waals surface area (Å²) >= 11 is 3.51. The number of carbonyl (C=O) groups is 1. The van der Waals surface area contributed by atoms with Gasteiger partial charge in [-0.1, -0.05) is 34.1 Å². The first-order valence-electron chi connectivity index (χ1n) is 8.63. The summed E-state index contributed by atoms with van der Waals surface area (Å²) in [6, 6.07) is 12.8. The molecule has 1 N–H and O–H groups in total. The van der Waals surface area contributed by atoms with Crippen LogP contribution in [-0.4, -0.2) is 15.5 Å². The van der Waals surface area contributed by atoms with Crippen LogP contribution < -0.4 is 10.9 Å². The molecule has 0 fully saturated rings. The summed E-state index contributed by atoms with van der Waals surface area (Å²) in [7, 11) is 0. The van der Waals surface area contributed by atoms with E-state index in [2.05, 4.69) is 26.2 Å². The number of amides is 1. The van der Waals surface area contributed by atoms with Crippen LogP contribution in [-0.2, 0) is 13.0 Å². The molecule has 2 heterocycles. The Morgan fingerprint density at radius 2 is 2.08 bits per heavy atom. The molecule has 1 atom stereocenters. The van der Waals surface area contributed by atoms with Gasteiger partial charge in [-0.05, 0) is 43.2 Å². The molecule has 0 saturated heterocycles. The quantitative estimate of drug-likeness (QED) is 0.715. The van der Waals surface area contributed by atoms with E-state index < -0.39 is 0 Å². The van der Waals surface area contributed by atoms with E-state index >= 15 is 0 Å². The van der Waals surface area contributed by atoms with Gasteiger partial charge in [-0.15, -0.1) is 0 Å². The monoisotopic (exact) mass is 411 g/mol. The Labute approximate surface area is 159 Å². The summed E-state index contributed by atoms with van der Waals surface area (Å²) in [4.78, 5) is 29.8. The molecule has 0 aliphatic carbocycles. The second-order valence-electron chi connectivity index (χ2n) is 6.54. The van der Waals surface area contributed by atoms with Crippen molar-refractivity contribution in [2.45, 2.75) is 32.4 Å². The van der Waals surface area contributed by atoms with E-state index in [1.54, 1.807) is 22.8 Å². The fourth-order valence-corrected chi connectivity index (χ4v) is 4.04. The first-order chi connectivity index (χ1) is 12.5.